The molecule has 0 spiro atoms. The summed E-state index contributed by atoms with van der Waals surface area (Å²) in [7, 11) is -2.25. The van der Waals surface area contributed by atoms with Crippen molar-refractivity contribution in [3.05, 3.63) is 60.3 Å². The van der Waals surface area contributed by atoms with Crippen LogP contribution >= 0.6 is 0 Å². The van der Waals surface area contributed by atoms with E-state index in [4.69, 9.17) is 9.47 Å². The maximum absolute atomic E-state index is 14.2. The lowest BCUT2D eigenvalue weighted by molar-refractivity contribution is 0.174. The molecule has 0 bridgehead atoms. The van der Waals surface area contributed by atoms with Crippen molar-refractivity contribution in [3.63, 3.8) is 0 Å². The minimum Gasteiger partial charge on any atom is -0.454 e. The van der Waals surface area contributed by atoms with Gasteiger partial charge in [0.25, 0.3) is 10.0 Å². The van der Waals surface area contributed by atoms with Gasteiger partial charge in [0.15, 0.2) is 11.5 Å². The zero-order valence-corrected chi connectivity index (χ0v) is 15.2. The fourth-order valence-electron chi connectivity index (χ4n) is 2.92. The summed E-state index contributed by atoms with van der Waals surface area (Å²) >= 11 is 0. The van der Waals surface area contributed by atoms with Gasteiger partial charge in [0.2, 0.25) is 12.7 Å². The maximum atomic E-state index is 14.2. The molecular weight excluding hydrogens is 373 g/mol. The Hall–Kier alpha value is -2.91. The lowest BCUT2D eigenvalue weighted by Crippen LogP contribution is -2.14. The van der Waals surface area contributed by atoms with Crippen molar-refractivity contribution < 1.29 is 22.3 Å². The molecule has 27 heavy (non-hydrogen) atoms. The number of nitrogens with one attached hydrogen (secondary N) is 1. The Kier molecular flexibility index (Phi) is 4.33. The maximum Gasteiger partial charge on any atom is 0.268 e. The highest BCUT2D eigenvalue weighted by Gasteiger charge is 2.26. The molecule has 140 valence electrons. The number of pyridine rings is 1. The summed E-state index contributed by atoms with van der Waals surface area (Å²) in [5.41, 5.74) is 0.993. The summed E-state index contributed by atoms with van der Waals surface area (Å²) in [6, 6.07) is 9.05. The number of benzene rings is 1. The van der Waals surface area contributed by atoms with Gasteiger partial charge in [-0.05, 0) is 42.9 Å². The number of hydrogen-bond acceptors (Lipinski definition) is 6. The quantitative estimate of drug-likeness (QED) is 0.675. The van der Waals surface area contributed by atoms with Crippen molar-refractivity contribution in [1.82, 2.24) is 14.3 Å². The monoisotopic (exact) mass is 389 g/mol. The normalized spacial score (nSPS) is 13.1. The first-order valence-corrected chi connectivity index (χ1v) is 9.56. The van der Waals surface area contributed by atoms with E-state index in [2.05, 4.69) is 10.3 Å². The molecule has 0 radical (unpaired) electrons. The first kappa shape index (κ1) is 17.5. The van der Waals surface area contributed by atoms with Gasteiger partial charge in [-0.15, -0.1) is 0 Å². The molecular formula is C18H16FN3O4S. The SMILES string of the molecule is CNCc1cc(-c2cccnc2F)n(S(=O)(=O)c2ccc3c(c2)OCO3)c1. The van der Waals surface area contributed by atoms with Gasteiger partial charge in [-0.1, -0.05) is 0 Å². The number of halogens is 1. The van der Waals surface area contributed by atoms with Crippen LogP contribution in [0.5, 0.6) is 11.5 Å². The predicted octanol–water partition coefficient (Wildman–Crippen LogP) is 2.37. The smallest absolute Gasteiger partial charge is 0.268 e. The fraction of sp³-hybridized carbons (Fsp3) is 0.167. The topological polar surface area (TPSA) is 82.5 Å². The Morgan fingerprint density at radius 3 is 2.81 bits per heavy atom. The number of nitrogens with zero attached hydrogens (tertiary/aromatic N) is 2. The molecule has 1 aliphatic rings. The van der Waals surface area contributed by atoms with Gasteiger partial charge >= 0.3 is 0 Å². The molecule has 0 saturated carbocycles. The third-order valence-electron chi connectivity index (χ3n) is 4.16. The van der Waals surface area contributed by atoms with Gasteiger partial charge in [0.05, 0.1) is 16.2 Å². The highest BCUT2D eigenvalue weighted by molar-refractivity contribution is 7.90. The third kappa shape index (κ3) is 3.04. The van der Waals surface area contributed by atoms with Crippen molar-refractivity contribution in [2.24, 2.45) is 0 Å². The summed E-state index contributed by atoms with van der Waals surface area (Å²) in [4.78, 5) is 3.64. The van der Waals surface area contributed by atoms with Crippen LogP contribution in [0.1, 0.15) is 5.56 Å². The number of ether oxygens (including phenoxy) is 2. The van der Waals surface area contributed by atoms with Crippen molar-refractivity contribution in [2.45, 2.75) is 11.4 Å². The zero-order valence-electron chi connectivity index (χ0n) is 14.3. The van der Waals surface area contributed by atoms with E-state index in [1.807, 2.05) is 0 Å². The predicted molar refractivity (Wildman–Crippen MR) is 95.5 cm³/mol. The Bertz CT molecular complexity index is 1110. The molecule has 0 unspecified atom stereocenters. The van der Waals surface area contributed by atoms with E-state index in [0.717, 1.165) is 3.97 Å². The van der Waals surface area contributed by atoms with E-state index in [1.165, 1.54) is 36.7 Å². The Morgan fingerprint density at radius 1 is 1.22 bits per heavy atom. The van der Waals surface area contributed by atoms with Gasteiger partial charge < -0.3 is 14.8 Å². The van der Waals surface area contributed by atoms with Crippen LogP contribution in [-0.2, 0) is 16.6 Å². The minimum atomic E-state index is -3.99. The van der Waals surface area contributed by atoms with Crippen LogP contribution in [0, 0.1) is 5.95 Å². The molecule has 1 aliphatic heterocycles. The second-order valence-corrected chi connectivity index (χ2v) is 7.74. The summed E-state index contributed by atoms with van der Waals surface area (Å²) in [5, 5.41) is 2.96. The summed E-state index contributed by atoms with van der Waals surface area (Å²) in [6.07, 6.45) is 2.78. The van der Waals surface area contributed by atoms with Gasteiger partial charge in [0.1, 0.15) is 0 Å². The average Bonchev–Trinajstić information content (AvgIpc) is 3.29. The molecule has 0 fully saturated rings. The van der Waals surface area contributed by atoms with Crippen LogP contribution < -0.4 is 14.8 Å². The Morgan fingerprint density at radius 2 is 2.04 bits per heavy atom. The van der Waals surface area contributed by atoms with Crippen LogP contribution in [0.2, 0.25) is 0 Å². The zero-order chi connectivity index (χ0) is 19.0. The standard InChI is InChI=1S/C18H16FN3O4S/c1-20-9-12-7-15(14-3-2-6-21-18(14)19)22(10-12)27(23,24)13-4-5-16-17(8-13)26-11-25-16/h2-8,10,20H,9,11H2,1H3. The molecule has 1 N–H and O–H groups in total. The lowest BCUT2D eigenvalue weighted by Gasteiger charge is -2.11. The minimum absolute atomic E-state index is 0.0175. The van der Waals surface area contributed by atoms with E-state index in [1.54, 1.807) is 19.2 Å². The van der Waals surface area contributed by atoms with E-state index < -0.39 is 16.0 Å². The summed E-state index contributed by atoms with van der Waals surface area (Å²) in [5.74, 6) is 0.0948. The van der Waals surface area contributed by atoms with Gasteiger partial charge in [-0.25, -0.2) is 17.4 Å². The second kappa shape index (κ2) is 6.67. The van der Waals surface area contributed by atoms with Crippen LogP contribution in [-0.4, -0.2) is 31.2 Å². The molecule has 0 saturated heterocycles. The number of aromatic nitrogens is 2. The molecule has 9 heteroatoms. The van der Waals surface area contributed by atoms with Crippen molar-refractivity contribution in [1.29, 1.82) is 0 Å². The molecule has 1 aromatic carbocycles. The Labute approximate surface area is 155 Å². The van der Waals surface area contributed by atoms with E-state index >= 15 is 0 Å². The molecule has 4 rings (SSSR count). The first-order valence-electron chi connectivity index (χ1n) is 8.12. The second-order valence-electron chi connectivity index (χ2n) is 5.92. The highest BCUT2D eigenvalue weighted by atomic mass is 32.2. The molecule has 3 aromatic rings. The molecule has 3 heterocycles. The van der Waals surface area contributed by atoms with Crippen LogP contribution in [0.15, 0.2) is 53.7 Å². The van der Waals surface area contributed by atoms with E-state index in [-0.39, 0.29) is 22.9 Å². The van der Waals surface area contributed by atoms with Gasteiger partial charge in [-0.2, -0.15) is 4.39 Å². The molecule has 0 amide bonds. The van der Waals surface area contributed by atoms with Gasteiger partial charge in [0, 0.05) is 25.0 Å². The summed E-state index contributed by atoms with van der Waals surface area (Å²) in [6.45, 7) is 0.472. The molecule has 0 atom stereocenters. The fourth-order valence-corrected chi connectivity index (χ4v) is 4.33. The number of fused-ring (bicyclic) bond motifs is 1. The number of hydrogen-bond donors (Lipinski definition) is 1. The molecule has 0 aliphatic carbocycles. The first-order chi connectivity index (χ1) is 13.0. The van der Waals surface area contributed by atoms with Crippen molar-refractivity contribution in [2.75, 3.05) is 13.8 Å². The third-order valence-corrected chi connectivity index (χ3v) is 5.83. The van der Waals surface area contributed by atoms with Crippen molar-refractivity contribution in [3.8, 4) is 22.8 Å². The Balaban J connectivity index is 1.88. The van der Waals surface area contributed by atoms with Crippen LogP contribution in [0.4, 0.5) is 4.39 Å². The largest absolute Gasteiger partial charge is 0.454 e. The van der Waals surface area contributed by atoms with Gasteiger partial charge in [-0.3, -0.25) is 0 Å². The lowest BCUT2D eigenvalue weighted by atomic mass is 10.2. The van der Waals surface area contributed by atoms with Crippen LogP contribution in [0.25, 0.3) is 11.3 Å². The van der Waals surface area contributed by atoms with E-state index in [0.29, 0.717) is 23.6 Å². The van der Waals surface area contributed by atoms with Crippen molar-refractivity contribution >= 4 is 10.0 Å². The van der Waals surface area contributed by atoms with E-state index in [9.17, 15) is 12.8 Å². The average molecular weight is 389 g/mol. The number of rotatable bonds is 5. The molecule has 2 aromatic heterocycles. The highest BCUT2D eigenvalue weighted by Crippen LogP contribution is 2.35. The van der Waals surface area contributed by atoms with Crippen LogP contribution in [0.3, 0.4) is 0 Å². The molecule has 7 nitrogen and oxygen atoms in total. The summed E-state index contributed by atoms with van der Waals surface area (Å²) < 4.78 is 52.3.